The van der Waals surface area contributed by atoms with Gasteiger partial charge < -0.3 is 15.4 Å². The second-order valence-electron chi connectivity index (χ2n) is 8.04. The van der Waals surface area contributed by atoms with Crippen LogP contribution in [-0.2, 0) is 9.59 Å². The molecule has 1 aliphatic heterocycles. The fraction of sp³-hybridized carbons (Fsp3) is 0.391. The average Bonchev–Trinajstić information content (AvgIpc) is 2.68. The van der Waals surface area contributed by atoms with E-state index in [4.69, 9.17) is 0 Å². The van der Waals surface area contributed by atoms with Gasteiger partial charge in [0.15, 0.2) is 0 Å². The summed E-state index contributed by atoms with van der Waals surface area (Å²) in [6.45, 7) is 5.42. The Morgan fingerprint density at radius 2 is 1.56 bits per heavy atom. The molecule has 9 heteroatoms. The van der Waals surface area contributed by atoms with Gasteiger partial charge >= 0.3 is 6.36 Å². The molecule has 0 aromatic heterocycles. The zero-order valence-electron chi connectivity index (χ0n) is 18.0. The highest BCUT2D eigenvalue weighted by Crippen LogP contribution is 2.25. The Morgan fingerprint density at radius 1 is 0.969 bits per heavy atom. The third-order valence-corrected chi connectivity index (χ3v) is 5.19. The lowest BCUT2D eigenvalue weighted by atomic mass is 9.96. The highest BCUT2D eigenvalue weighted by Gasteiger charge is 2.31. The predicted octanol–water partition coefficient (Wildman–Crippen LogP) is 4.49. The summed E-state index contributed by atoms with van der Waals surface area (Å²) in [5.41, 5.74) is 3.33. The molecule has 0 unspecified atom stereocenters. The monoisotopic (exact) mass is 449 g/mol. The normalized spacial score (nSPS) is 15.3. The van der Waals surface area contributed by atoms with Crippen molar-refractivity contribution in [2.45, 2.75) is 33.1 Å². The first-order chi connectivity index (χ1) is 15.1. The summed E-state index contributed by atoms with van der Waals surface area (Å²) >= 11 is 0. The number of rotatable bonds is 6. The van der Waals surface area contributed by atoms with Crippen LogP contribution in [-0.4, -0.2) is 42.7 Å². The number of ether oxygens (including phenoxy) is 1. The summed E-state index contributed by atoms with van der Waals surface area (Å²) in [7, 11) is 0. The van der Waals surface area contributed by atoms with E-state index in [9.17, 15) is 22.8 Å². The van der Waals surface area contributed by atoms with Crippen LogP contribution in [0.2, 0.25) is 0 Å². The van der Waals surface area contributed by atoms with Crippen molar-refractivity contribution in [3.05, 3.63) is 53.6 Å². The van der Waals surface area contributed by atoms with Crippen molar-refractivity contribution in [1.82, 2.24) is 4.90 Å². The number of amides is 2. The third kappa shape index (κ3) is 7.26. The number of halogens is 3. The van der Waals surface area contributed by atoms with Gasteiger partial charge in [-0.15, -0.1) is 13.2 Å². The zero-order chi connectivity index (χ0) is 23.3. The van der Waals surface area contributed by atoms with Gasteiger partial charge in [-0.1, -0.05) is 6.07 Å². The molecule has 3 rings (SSSR count). The predicted molar refractivity (Wildman–Crippen MR) is 115 cm³/mol. The van der Waals surface area contributed by atoms with E-state index in [-0.39, 0.29) is 30.0 Å². The van der Waals surface area contributed by atoms with Crippen LogP contribution < -0.4 is 15.4 Å². The third-order valence-electron chi connectivity index (χ3n) is 5.19. The summed E-state index contributed by atoms with van der Waals surface area (Å²) in [5.74, 6) is -0.851. The Kier molecular flexibility index (Phi) is 7.40. The summed E-state index contributed by atoms with van der Waals surface area (Å²) in [4.78, 5) is 26.9. The molecule has 2 aromatic rings. The molecule has 1 fully saturated rings. The second-order valence-corrected chi connectivity index (χ2v) is 8.04. The molecule has 0 spiro atoms. The molecule has 172 valence electrons. The van der Waals surface area contributed by atoms with E-state index >= 15 is 0 Å². The standard InChI is InChI=1S/C23H26F3N3O3/c1-15-11-16(2)13-19(12-15)27-21(30)14-29-9-7-17(8-10-29)22(31)28-18-3-5-20(6-4-18)32-23(24,25)26/h3-6,11-13,17H,7-10,14H2,1-2H3,(H,27,30)(H,28,31). The summed E-state index contributed by atoms with van der Waals surface area (Å²) < 4.78 is 40.5. The Morgan fingerprint density at radius 3 is 2.12 bits per heavy atom. The van der Waals surface area contributed by atoms with Gasteiger partial charge in [-0.2, -0.15) is 0 Å². The highest BCUT2D eigenvalue weighted by molar-refractivity contribution is 5.93. The molecule has 0 bridgehead atoms. The van der Waals surface area contributed by atoms with E-state index < -0.39 is 6.36 Å². The number of piperidine rings is 1. The minimum atomic E-state index is -4.76. The minimum absolute atomic E-state index is 0.0981. The van der Waals surface area contributed by atoms with Crippen molar-refractivity contribution >= 4 is 23.2 Å². The summed E-state index contributed by atoms with van der Waals surface area (Å²) in [6, 6.07) is 10.9. The van der Waals surface area contributed by atoms with Crippen molar-refractivity contribution in [3.8, 4) is 5.75 Å². The zero-order valence-corrected chi connectivity index (χ0v) is 18.0. The Bertz CT molecular complexity index is 933. The maximum Gasteiger partial charge on any atom is 0.573 e. The van der Waals surface area contributed by atoms with E-state index in [1.54, 1.807) is 0 Å². The molecular weight excluding hydrogens is 423 g/mol. The van der Waals surface area contributed by atoms with E-state index in [1.165, 1.54) is 12.1 Å². The molecule has 0 atom stereocenters. The van der Waals surface area contributed by atoms with Crippen LogP contribution in [0.15, 0.2) is 42.5 Å². The van der Waals surface area contributed by atoms with Gasteiger partial charge in [-0.25, -0.2) is 0 Å². The van der Waals surface area contributed by atoms with Gasteiger partial charge in [0.25, 0.3) is 0 Å². The second kappa shape index (κ2) is 10.0. The first-order valence-electron chi connectivity index (χ1n) is 10.3. The first kappa shape index (κ1) is 23.6. The van der Waals surface area contributed by atoms with E-state index in [0.29, 0.717) is 31.6 Å². The largest absolute Gasteiger partial charge is 0.573 e. The number of aryl methyl sites for hydroxylation is 2. The summed E-state index contributed by atoms with van der Waals surface area (Å²) in [5, 5.41) is 5.64. The number of carbonyl (C=O) groups is 2. The molecule has 0 radical (unpaired) electrons. The van der Waals surface area contributed by atoms with Crippen LogP contribution in [0, 0.1) is 19.8 Å². The Labute approximate surface area is 184 Å². The molecule has 2 amide bonds. The number of anilines is 2. The molecule has 2 aromatic carbocycles. The number of likely N-dealkylation sites (tertiary alicyclic amines) is 1. The maximum atomic E-state index is 12.5. The fourth-order valence-electron chi connectivity index (χ4n) is 3.79. The Balaban J connectivity index is 1.43. The molecule has 0 aliphatic carbocycles. The van der Waals surface area contributed by atoms with Crippen molar-refractivity contribution in [2.75, 3.05) is 30.3 Å². The average molecular weight is 449 g/mol. The highest BCUT2D eigenvalue weighted by atomic mass is 19.4. The van der Waals surface area contributed by atoms with Gasteiger partial charge in [-0.3, -0.25) is 14.5 Å². The van der Waals surface area contributed by atoms with Crippen molar-refractivity contribution in [1.29, 1.82) is 0 Å². The van der Waals surface area contributed by atoms with Crippen molar-refractivity contribution < 1.29 is 27.5 Å². The SMILES string of the molecule is Cc1cc(C)cc(NC(=O)CN2CCC(C(=O)Nc3ccc(OC(F)(F)F)cc3)CC2)c1. The summed E-state index contributed by atoms with van der Waals surface area (Å²) in [6.07, 6.45) is -3.56. The van der Waals surface area contributed by atoms with Crippen molar-refractivity contribution in [3.63, 3.8) is 0 Å². The lowest BCUT2D eigenvalue weighted by molar-refractivity contribution is -0.274. The van der Waals surface area contributed by atoms with E-state index in [1.807, 2.05) is 36.9 Å². The number of hydrogen-bond acceptors (Lipinski definition) is 4. The maximum absolute atomic E-state index is 12.5. The quantitative estimate of drug-likeness (QED) is 0.682. The van der Waals surface area contributed by atoms with Crippen molar-refractivity contribution in [2.24, 2.45) is 5.92 Å². The van der Waals surface area contributed by atoms with E-state index in [2.05, 4.69) is 15.4 Å². The van der Waals surface area contributed by atoms with Crippen LogP contribution >= 0.6 is 0 Å². The number of alkyl halides is 3. The Hall–Kier alpha value is -3.07. The molecule has 1 aliphatic rings. The van der Waals surface area contributed by atoms with Crippen LogP contribution in [0.25, 0.3) is 0 Å². The lowest BCUT2D eigenvalue weighted by Gasteiger charge is -2.30. The number of hydrogen-bond donors (Lipinski definition) is 2. The van der Waals surface area contributed by atoms with Gasteiger partial charge in [-0.05, 0) is 87.3 Å². The van der Waals surface area contributed by atoms with Crippen LogP contribution in [0.5, 0.6) is 5.75 Å². The molecule has 32 heavy (non-hydrogen) atoms. The first-order valence-corrected chi connectivity index (χ1v) is 10.3. The van der Waals surface area contributed by atoms with Crippen LogP contribution in [0.4, 0.5) is 24.5 Å². The lowest BCUT2D eigenvalue weighted by Crippen LogP contribution is -2.41. The van der Waals surface area contributed by atoms with Crippen LogP contribution in [0.3, 0.4) is 0 Å². The number of benzene rings is 2. The van der Waals surface area contributed by atoms with Gasteiger partial charge in [0, 0.05) is 17.3 Å². The number of nitrogens with zero attached hydrogens (tertiary/aromatic N) is 1. The molecule has 6 nitrogen and oxygen atoms in total. The molecule has 2 N–H and O–H groups in total. The number of nitrogens with one attached hydrogen (secondary N) is 2. The fourth-order valence-corrected chi connectivity index (χ4v) is 3.79. The van der Waals surface area contributed by atoms with Gasteiger partial charge in [0.1, 0.15) is 5.75 Å². The molecule has 1 heterocycles. The van der Waals surface area contributed by atoms with E-state index in [0.717, 1.165) is 28.9 Å². The van der Waals surface area contributed by atoms with Gasteiger partial charge in [0.2, 0.25) is 11.8 Å². The van der Waals surface area contributed by atoms with Crippen LogP contribution in [0.1, 0.15) is 24.0 Å². The molecule has 0 saturated carbocycles. The minimum Gasteiger partial charge on any atom is -0.406 e. The number of carbonyl (C=O) groups excluding carboxylic acids is 2. The smallest absolute Gasteiger partial charge is 0.406 e. The molecule has 1 saturated heterocycles. The molecular formula is C23H26F3N3O3. The van der Waals surface area contributed by atoms with Gasteiger partial charge in [0.05, 0.1) is 6.54 Å². The topological polar surface area (TPSA) is 70.7 Å².